The Morgan fingerprint density at radius 1 is 1.00 bits per heavy atom. The molecule has 1 fully saturated rings. The lowest BCUT2D eigenvalue weighted by atomic mass is 9.98. The molecule has 3 heterocycles. The van der Waals surface area contributed by atoms with E-state index in [9.17, 15) is 18.0 Å². The average Bonchev–Trinajstić information content (AvgIpc) is 3.51. The molecule has 0 unspecified atom stereocenters. The lowest BCUT2D eigenvalue weighted by Gasteiger charge is -2.31. The lowest BCUT2D eigenvalue weighted by Crippen LogP contribution is -2.41. The third kappa shape index (κ3) is 5.09. The fraction of sp³-hybridized carbons (Fsp3) is 0.273. The zero-order valence-electron chi connectivity index (χ0n) is 17.2. The minimum absolute atomic E-state index is 0.199. The van der Waals surface area contributed by atoms with Gasteiger partial charge in [0.05, 0.1) is 21.0 Å². The number of amides is 2. The normalized spacial score (nSPS) is 15.4. The summed E-state index contributed by atoms with van der Waals surface area (Å²) in [5, 5.41) is 6.17. The maximum Gasteiger partial charge on any atom is 0.291 e. The van der Waals surface area contributed by atoms with Gasteiger partial charge in [0.2, 0.25) is 10.0 Å². The Morgan fingerprint density at radius 2 is 1.75 bits per heavy atom. The van der Waals surface area contributed by atoms with Crippen LogP contribution in [-0.2, 0) is 10.0 Å². The molecule has 3 aromatic rings. The van der Waals surface area contributed by atoms with Crippen molar-refractivity contribution in [3.8, 4) is 0 Å². The fourth-order valence-corrected chi connectivity index (χ4v) is 5.84. The van der Waals surface area contributed by atoms with Gasteiger partial charge in [0.15, 0.2) is 5.76 Å². The molecule has 2 N–H and O–H groups in total. The first-order valence-corrected chi connectivity index (χ1v) is 12.5. The van der Waals surface area contributed by atoms with Crippen molar-refractivity contribution in [2.45, 2.75) is 17.7 Å². The summed E-state index contributed by atoms with van der Waals surface area (Å²) in [5.41, 5.74) is 0. The van der Waals surface area contributed by atoms with Crippen LogP contribution in [0.15, 0.2) is 70.2 Å². The molecule has 0 atom stereocenters. The van der Waals surface area contributed by atoms with E-state index in [1.807, 2.05) is 0 Å². The molecule has 1 aromatic carbocycles. The van der Waals surface area contributed by atoms with Crippen molar-refractivity contribution in [1.82, 2.24) is 9.62 Å². The number of nitrogens with zero attached hydrogens (tertiary/aromatic N) is 1. The molecule has 0 saturated carbocycles. The first kappa shape index (κ1) is 22.3. The highest BCUT2D eigenvalue weighted by Crippen LogP contribution is 2.25. The third-order valence-electron chi connectivity index (χ3n) is 5.32. The van der Waals surface area contributed by atoms with Crippen LogP contribution in [0.25, 0.3) is 0 Å². The van der Waals surface area contributed by atoms with Crippen LogP contribution in [0, 0.1) is 5.92 Å². The summed E-state index contributed by atoms with van der Waals surface area (Å²) in [6.07, 6.45) is 2.78. The second-order valence-corrected chi connectivity index (χ2v) is 10.5. The molecule has 0 radical (unpaired) electrons. The van der Waals surface area contributed by atoms with Gasteiger partial charge in [-0.1, -0.05) is 18.2 Å². The minimum atomic E-state index is -3.48. The largest absolute Gasteiger partial charge is 0.459 e. The van der Waals surface area contributed by atoms with Crippen molar-refractivity contribution >= 4 is 38.2 Å². The highest BCUT2D eigenvalue weighted by molar-refractivity contribution is 7.89. The van der Waals surface area contributed by atoms with E-state index >= 15 is 0 Å². The Bertz CT molecular complexity index is 1170. The number of thiophene rings is 1. The van der Waals surface area contributed by atoms with Crippen LogP contribution in [-0.4, -0.2) is 44.2 Å². The van der Waals surface area contributed by atoms with Crippen molar-refractivity contribution in [2.24, 2.45) is 5.92 Å². The number of carbonyl (C=O) groups excluding carboxylic acids is 2. The number of anilines is 1. The summed E-state index contributed by atoms with van der Waals surface area (Å²) in [6, 6.07) is 15.0. The van der Waals surface area contributed by atoms with Crippen LogP contribution in [0.3, 0.4) is 0 Å². The molecule has 1 aliphatic rings. The summed E-state index contributed by atoms with van der Waals surface area (Å²) in [7, 11) is -3.48. The summed E-state index contributed by atoms with van der Waals surface area (Å²) in [6.45, 7) is 1.34. The van der Waals surface area contributed by atoms with Crippen LogP contribution < -0.4 is 10.6 Å². The van der Waals surface area contributed by atoms with Crippen LogP contribution in [0.5, 0.6) is 0 Å². The maximum atomic E-state index is 12.7. The molecule has 1 aliphatic heterocycles. The van der Waals surface area contributed by atoms with Crippen molar-refractivity contribution in [3.05, 3.63) is 71.5 Å². The monoisotopic (exact) mass is 473 g/mol. The van der Waals surface area contributed by atoms with Gasteiger partial charge in [-0.3, -0.25) is 9.59 Å². The highest BCUT2D eigenvalue weighted by atomic mass is 32.2. The zero-order valence-corrected chi connectivity index (χ0v) is 18.8. The van der Waals surface area contributed by atoms with Crippen molar-refractivity contribution < 1.29 is 22.4 Å². The molecular weight excluding hydrogens is 450 g/mol. The molecule has 0 spiro atoms. The van der Waals surface area contributed by atoms with Gasteiger partial charge in [-0.05, 0) is 55.2 Å². The summed E-state index contributed by atoms with van der Waals surface area (Å²) in [4.78, 5) is 25.3. The first-order chi connectivity index (χ1) is 15.4. The van der Waals surface area contributed by atoms with Crippen molar-refractivity contribution in [1.29, 1.82) is 0 Å². The number of sulfonamides is 1. The Balaban J connectivity index is 1.25. The summed E-state index contributed by atoms with van der Waals surface area (Å²) < 4.78 is 32.0. The highest BCUT2D eigenvalue weighted by Gasteiger charge is 2.29. The van der Waals surface area contributed by atoms with Crippen LogP contribution in [0.4, 0.5) is 5.00 Å². The number of benzene rings is 1. The van der Waals surface area contributed by atoms with Crippen molar-refractivity contribution in [3.63, 3.8) is 0 Å². The van der Waals surface area contributed by atoms with Gasteiger partial charge in [-0.25, -0.2) is 8.42 Å². The first-order valence-electron chi connectivity index (χ1n) is 10.2. The predicted octanol–water partition coefficient (Wildman–Crippen LogP) is 3.42. The van der Waals surface area contributed by atoms with Gasteiger partial charge < -0.3 is 15.1 Å². The van der Waals surface area contributed by atoms with Gasteiger partial charge in [0.25, 0.3) is 11.8 Å². The van der Waals surface area contributed by atoms with Crippen molar-refractivity contribution in [2.75, 3.05) is 25.0 Å². The number of rotatable bonds is 7. The molecule has 2 amide bonds. The molecule has 0 bridgehead atoms. The number of carbonyl (C=O) groups is 2. The van der Waals surface area contributed by atoms with E-state index in [4.69, 9.17) is 4.42 Å². The quantitative estimate of drug-likeness (QED) is 0.547. The molecule has 10 heteroatoms. The third-order valence-corrected chi connectivity index (χ3v) is 8.23. The Labute approximate surface area is 190 Å². The van der Waals surface area contributed by atoms with Gasteiger partial charge in [-0.2, -0.15) is 4.31 Å². The van der Waals surface area contributed by atoms with Gasteiger partial charge in [-0.15, -0.1) is 11.3 Å². The zero-order chi connectivity index (χ0) is 22.6. The molecule has 1 saturated heterocycles. The Morgan fingerprint density at radius 3 is 2.44 bits per heavy atom. The molecular formula is C22H23N3O5S2. The van der Waals surface area contributed by atoms with E-state index in [1.165, 1.54) is 21.9 Å². The topological polar surface area (TPSA) is 109 Å². The summed E-state index contributed by atoms with van der Waals surface area (Å²) in [5.74, 6) is -0.182. The van der Waals surface area contributed by atoms with Crippen LogP contribution in [0.2, 0.25) is 0 Å². The fourth-order valence-electron chi connectivity index (χ4n) is 3.53. The number of piperidine rings is 1. The second-order valence-electron chi connectivity index (χ2n) is 7.47. The number of nitrogens with one attached hydrogen (secondary N) is 2. The maximum absolute atomic E-state index is 12.7. The number of hydrogen-bond donors (Lipinski definition) is 2. The lowest BCUT2D eigenvalue weighted by molar-refractivity contribution is 0.0944. The molecule has 0 aliphatic carbocycles. The number of hydrogen-bond acceptors (Lipinski definition) is 6. The average molecular weight is 474 g/mol. The molecule has 32 heavy (non-hydrogen) atoms. The minimum Gasteiger partial charge on any atom is -0.459 e. The van der Waals surface area contributed by atoms with E-state index in [0.29, 0.717) is 47.2 Å². The molecule has 4 rings (SSSR count). The number of furan rings is 1. The SMILES string of the molecule is O=C(Nc1ccc(C(=O)NCC2CCN(S(=O)(=O)c3ccccc3)CC2)s1)c1ccco1. The smallest absolute Gasteiger partial charge is 0.291 e. The standard InChI is InChI=1S/C22H23N3O5S2/c26-21(18-7-4-14-30-18)24-20-9-8-19(31-20)22(27)23-15-16-10-12-25(13-11-16)32(28,29)17-5-2-1-3-6-17/h1-9,14,16H,10-13,15H2,(H,23,27)(H,24,26). The summed E-state index contributed by atoms with van der Waals surface area (Å²) >= 11 is 1.18. The van der Waals surface area contributed by atoms with E-state index in [1.54, 1.807) is 54.6 Å². The Hall–Kier alpha value is -2.95. The molecule has 168 valence electrons. The second kappa shape index (κ2) is 9.68. The van der Waals surface area contributed by atoms with Crippen LogP contribution >= 0.6 is 11.3 Å². The van der Waals surface area contributed by atoms with E-state index in [0.717, 1.165) is 0 Å². The van der Waals surface area contributed by atoms with Gasteiger partial charge in [0.1, 0.15) is 0 Å². The molecule has 8 nitrogen and oxygen atoms in total. The van der Waals surface area contributed by atoms with E-state index < -0.39 is 10.0 Å². The molecule has 2 aromatic heterocycles. The Kier molecular flexibility index (Phi) is 6.73. The van der Waals surface area contributed by atoms with Crippen LogP contribution in [0.1, 0.15) is 33.1 Å². The van der Waals surface area contributed by atoms with E-state index in [-0.39, 0.29) is 23.5 Å². The predicted molar refractivity (Wildman–Crippen MR) is 121 cm³/mol. The van der Waals surface area contributed by atoms with Gasteiger partial charge >= 0.3 is 0 Å². The van der Waals surface area contributed by atoms with Gasteiger partial charge in [0, 0.05) is 19.6 Å². The van der Waals surface area contributed by atoms with E-state index in [2.05, 4.69) is 10.6 Å².